The molecule has 1 amide bonds. The average Bonchev–Trinajstić information content (AvgIpc) is 3.19. The summed E-state index contributed by atoms with van der Waals surface area (Å²) in [4.78, 5) is 15.1. The van der Waals surface area contributed by atoms with Gasteiger partial charge in [0.25, 0.3) is 0 Å². The largest absolute Gasteiger partial charge is 0.356 e. The highest BCUT2D eigenvalue weighted by Crippen LogP contribution is 2.24. The molecule has 0 radical (unpaired) electrons. The lowest BCUT2D eigenvalue weighted by atomic mass is 10.00. The van der Waals surface area contributed by atoms with E-state index in [-0.39, 0.29) is 5.91 Å². The molecule has 3 aromatic rings. The number of benzene rings is 2. The Hall–Kier alpha value is -2.59. The molecule has 2 heterocycles. The van der Waals surface area contributed by atoms with Crippen LogP contribution in [0, 0.1) is 6.92 Å². The van der Waals surface area contributed by atoms with E-state index in [1.54, 1.807) is 0 Å². The SMILES string of the molecule is CCC1CCCCN1CCCNC(=O)CCc1cn(Cc2ccc(C)cc2)c2ccccc12. The number of aryl methyl sites for hydroxylation is 2. The van der Waals surface area contributed by atoms with E-state index in [1.165, 1.54) is 59.8 Å². The first-order valence-electron chi connectivity index (χ1n) is 12.8. The molecule has 1 aromatic heterocycles. The molecule has 0 bridgehead atoms. The van der Waals surface area contributed by atoms with Gasteiger partial charge >= 0.3 is 0 Å². The number of amides is 1. The Morgan fingerprint density at radius 3 is 2.73 bits per heavy atom. The van der Waals surface area contributed by atoms with E-state index in [2.05, 4.69) is 83.4 Å². The van der Waals surface area contributed by atoms with Gasteiger partial charge in [-0.2, -0.15) is 0 Å². The topological polar surface area (TPSA) is 37.3 Å². The van der Waals surface area contributed by atoms with Gasteiger partial charge in [-0.05, 0) is 62.8 Å². The van der Waals surface area contributed by atoms with E-state index in [0.29, 0.717) is 6.42 Å². The van der Waals surface area contributed by atoms with Crippen molar-refractivity contribution in [2.75, 3.05) is 19.6 Å². The summed E-state index contributed by atoms with van der Waals surface area (Å²) in [7, 11) is 0. The van der Waals surface area contributed by atoms with Gasteiger partial charge in [0, 0.05) is 49.2 Å². The van der Waals surface area contributed by atoms with E-state index in [0.717, 1.165) is 38.5 Å². The molecule has 1 aliphatic heterocycles. The van der Waals surface area contributed by atoms with Crippen LogP contribution in [0.4, 0.5) is 0 Å². The molecule has 1 fully saturated rings. The second-order valence-corrected chi connectivity index (χ2v) is 9.58. The van der Waals surface area contributed by atoms with Crippen LogP contribution in [0.25, 0.3) is 10.9 Å². The maximum atomic E-state index is 12.5. The second kappa shape index (κ2) is 11.5. The van der Waals surface area contributed by atoms with Gasteiger partial charge in [0.2, 0.25) is 5.91 Å². The summed E-state index contributed by atoms with van der Waals surface area (Å²) in [6.45, 7) is 8.36. The van der Waals surface area contributed by atoms with E-state index < -0.39 is 0 Å². The summed E-state index contributed by atoms with van der Waals surface area (Å²) in [5.74, 6) is 0.163. The number of likely N-dealkylation sites (tertiary alicyclic amines) is 1. The number of carbonyl (C=O) groups is 1. The normalized spacial score (nSPS) is 16.8. The number of carbonyl (C=O) groups excluding carboxylic acids is 1. The van der Waals surface area contributed by atoms with Gasteiger partial charge in [-0.1, -0.05) is 61.4 Å². The Morgan fingerprint density at radius 2 is 1.91 bits per heavy atom. The van der Waals surface area contributed by atoms with Crippen LogP contribution in [0.2, 0.25) is 0 Å². The molecule has 0 saturated carbocycles. The average molecular weight is 446 g/mol. The van der Waals surface area contributed by atoms with Crippen molar-refractivity contribution < 1.29 is 4.79 Å². The summed E-state index contributed by atoms with van der Waals surface area (Å²) in [6.07, 6.45) is 9.85. The number of hydrogen-bond acceptors (Lipinski definition) is 2. The smallest absolute Gasteiger partial charge is 0.220 e. The lowest BCUT2D eigenvalue weighted by molar-refractivity contribution is -0.121. The molecule has 1 atom stereocenters. The number of piperidine rings is 1. The van der Waals surface area contributed by atoms with Crippen molar-refractivity contribution >= 4 is 16.8 Å². The van der Waals surface area contributed by atoms with E-state index in [9.17, 15) is 4.79 Å². The van der Waals surface area contributed by atoms with Crippen LogP contribution < -0.4 is 5.32 Å². The molecule has 2 aromatic carbocycles. The number of rotatable bonds is 10. The van der Waals surface area contributed by atoms with Crippen molar-refractivity contribution in [1.82, 2.24) is 14.8 Å². The molecule has 4 rings (SSSR count). The Balaban J connectivity index is 1.29. The molecule has 1 unspecified atom stereocenters. The molecule has 0 spiro atoms. The first-order chi connectivity index (χ1) is 16.1. The lowest BCUT2D eigenvalue weighted by Crippen LogP contribution is -2.40. The molecule has 4 heteroatoms. The lowest BCUT2D eigenvalue weighted by Gasteiger charge is -2.35. The fraction of sp³-hybridized carbons (Fsp3) is 0.483. The number of fused-ring (bicyclic) bond motifs is 1. The van der Waals surface area contributed by atoms with Crippen LogP contribution in [0.5, 0.6) is 0 Å². The highest BCUT2D eigenvalue weighted by molar-refractivity contribution is 5.85. The van der Waals surface area contributed by atoms with Crippen molar-refractivity contribution in [2.45, 2.75) is 71.4 Å². The number of hydrogen-bond donors (Lipinski definition) is 1. The van der Waals surface area contributed by atoms with Gasteiger partial charge < -0.3 is 14.8 Å². The first-order valence-corrected chi connectivity index (χ1v) is 12.8. The van der Waals surface area contributed by atoms with Crippen LogP contribution in [0.1, 0.15) is 62.1 Å². The van der Waals surface area contributed by atoms with Crippen molar-refractivity contribution in [1.29, 1.82) is 0 Å². The molecule has 176 valence electrons. The van der Waals surface area contributed by atoms with E-state index in [1.807, 2.05) is 0 Å². The second-order valence-electron chi connectivity index (χ2n) is 9.58. The number of nitrogens with one attached hydrogen (secondary N) is 1. The van der Waals surface area contributed by atoms with Gasteiger partial charge in [-0.25, -0.2) is 0 Å². The Labute approximate surface area is 199 Å². The minimum absolute atomic E-state index is 0.163. The van der Waals surface area contributed by atoms with Gasteiger partial charge in [0.15, 0.2) is 0 Å². The number of para-hydroxylation sites is 1. The zero-order chi connectivity index (χ0) is 23.0. The van der Waals surface area contributed by atoms with Crippen LogP contribution in [-0.2, 0) is 17.8 Å². The Bertz CT molecular complexity index is 1040. The summed E-state index contributed by atoms with van der Waals surface area (Å²) < 4.78 is 2.32. The maximum Gasteiger partial charge on any atom is 0.220 e. The monoisotopic (exact) mass is 445 g/mol. The third-order valence-electron chi connectivity index (χ3n) is 7.13. The van der Waals surface area contributed by atoms with Crippen LogP contribution in [0.15, 0.2) is 54.7 Å². The van der Waals surface area contributed by atoms with E-state index in [4.69, 9.17) is 0 Å². The van der Waals surface area contributed by atoms with Crippen LogP contribution in [0.3, 0.4) is 0 Å². The molecule has 4 nitrogen and oxygen atoms in total. The van der Waals surface area contributed by atoms with Gasteiger partial charge in [-0.3, -0.25) is 4.79 Å². The molecule has 0 aliphatic carbocycles. The number of nitrogens with zero attached hydrogens (tertiary/aromatic N) is 2. The van der Waals surface area contributed by atoms with Crippen molar-refractivity contribution in [2.24, 2.45) is 0 Å². The van der Waals surface area contributed by atoms with Crippen molar-refractivity contribution in [3.8, 4) is 0 Å². The molecular formula is C29H39N3O. The predicted octanol–water partition coefficient (Wildman–Crippen LogP) is 5.70. The third-order valence-corrected chi connectivity index (χ3v) is 7.13. The maximum absolute atomic E-state index is 12.5. The zero-order valence-electron chi connectivity index (χ0n) is 20.4. The van der Waals surface area contributed by atoms with Crippen LogP contribution in [-0.4, -0.2) is 41.1 Å². The standard InChI is InChI=1S/C29H39N3O/c1-3-26-9-6-7-19-31(26)20-8-18-30-29(33)17-16-25-22-32(28-11-5-4-10-27(25)28)21-24-14-12-23(2)13-15-24/h4-5,10-15,22,26H,3,6-9,16-21H2,1-2H3,(H,30,33). The van der Waals surface area contributed by atoms with E-state index >= 15 is 0 Å². The van der Waals surface area contributed by atoms with Crippen molar-refractivity contribution in [3.05, 3.63) is 71.4 Å². The van der Waals surface area contributed by atoms with Crippen molar-refractivity contribution in [3.63, 3.8) is 0 Å². The molecular weight excluding hydrogens is 406 g/mol. The van der Waals surface area contributed by atoms with Gasteiger partial charge in [0.05, 0.1) is 0 Å². The quantitative estimate of drug-likeness (QED) is 0.406. The molecule has 33 heavy (non-hydrogen) atoms. The fourth-order valence-corrected chi connectivity index (χ4v) is 5.21. The zero-order valence-corrected chi connectivity index (χ0v) is 20.4. The van der Waals surface area contributed by atoms with Crippen LogP contribution >= 0.6 is 0 Å². The predicted molar refractivity (Wildman–Crippen MR) is 138 cm³/mol. The Morgan fingerprint density at radius 1 is 1.09 bits per heavy atom. The van der Waals surface area contributed by atoms with Gasteiger partial charge in [-0.15, -0.1) is 0 Å². The highest BCUT2D eigenvalue weighted by Gasteiger charge is 2.19. The highest BCUT2D eigenvalue weighted by atomic mass is 16.1. The third kappa shape index (κ3) is 6.26. The minimum atomic E-state index is 0.163. The fourth-order valence-electron chi connectivity index (χ4n) is 5.21. The first kappa shape index (κ1) is 23.6. The Kier molecular flexibility index (Phi) is 8.22. The molecule has 1 aliphatic rings. The number of aromatic nitrogens is 1. The summed E-state index contributed by atoms with van der Waals surface area (Å²) >= 11 is 0. The summed E-state index contributed by atoms with van der Waals surface area (Å²) in [5, 5.41) is 4.41. The summed E-state index contributed by atoms with van der Waals surface area (Å²) in [6, 6.07) is 18.0. The summed E-state index contributed by atoms with van der Waals surface area (Å²) in [5.41, 5.74) is 5.07. The minimum Gasteiger partial charge on any atom is -0.356 e. The molecule has 1 saturated heterocycles. The molecule has 1 N–H and O–H groups in total. The van der Waals surface area contributed by atoms with Gasteiger partial charge in [0.1, 0.15) is 0 Å².